The van der Waals surface area contributed by atoms with Crippen LogP contribution in [0.5, 0.6) is 11.5 Å². The Morgan fingerprint density at radius 2 is 2.06 bits per heavy atom. The van der Waals surface area contributed by atoms with Crippen LogP contribution in [0.2, 0.25) is 5.02 Å². The molecule has 0 saturated carbocycles. The summed E-state index contributed by atoms with van der Waals surface area (Å²) in [6.07, 6.45) is 1.11. The summed E-state index contributed by atoms with van der Waals surface area (Å²) in [4.78, 5) is 0. The third-order valence-electron chi connectivity index (χ3n) is 2.33. The van der Waals surface area contributed by atoms with Gasteiger partial charge in [0.2, 0.25) is 0 Å². The van der Waals surface area contributed by atoms with Gasteiger partial charge in [0.05, 0.1) is 18.7 Å². The Morgan fingerprint density at radius 1 is 1.29 bits per heavy atom. The van der Waals surface area contributed by atoms with E-state index >= 15 is 0 Å². The Balaban J connectivity index is 2.85. The lowest BCUT2D eigenvalue weighted by molar-refractivity contribution is 0.310. The van der Waals surface area contributed by atoms with Crippen LogP contribution in [0.15, 0.2) is 12.1 Å². The maximum atomic E-state index is 6.15. The largest absolute Gasteiger partial charge is 0.491 e. The van der Waals surface area contributed by atoms with E-state index in [0.29, 0.717) is 23.1 Å². The van der Waals surface area contributed by atoms with Gasteiger partial charge in [-0.25, -0.2) is 0 Å². The summed E-state index contributed by atoms with van der Waals surface area (Å²) in [6.45, 7) is 6.46. The van der Waals surface area contributed by atoms with E-state index in [1.165, 1.54) is 0 Å². The molecule has 96 valence electrons. The lowest BCUT2D eigenvalue weighted by atomic mass is 10.2. The van der Waals surface area contributed by atoms with Crippen molar-refractivity contribution in [3.63, 3.8) is 0 Å². The van der Waals surface area contributed by atoms with Crippen LogP contribution in [0.4, 0.5) is 0 Å². The quantitative estimate of drug-likeness (QED) is 0.761. The van der Waals surface area contributed by atoms with Crippen molar-refractivity contribution < 1.29 is 9.47 Å². The van der Waals surface area contributed by atoms with Crippen LogP contribution in [-0.2, 0) is 6.54 Å². The van der Waals surface area contributed by atoms with E-state index in [1.807, 2.05) is 19.1 Å². The van der Waals surface area contributed by atoms with Gasteiger partial charge < -0.3 is 14.8 Å². The Hall–Kier alpha value is -0.930. The average molecular weight is 258 g/mol. The lowest BCUT2D eigenvalue weighted by Gasteiger charge is -2.13. The second-order valence-corrected chi connectivity index (χ2v) is 4.13. The molecule has 0 aliphatic carbocycles. The fourth-order valence-electron chi connectivity index (χ4n) is 1.59. The van der Waals surface area contributed by atoms with Crippen molar-refractivity contribution in [2.75, 3.05) is 20.3 Å². The Morgan fingerprint density at radius 3 is 2.65 bits per heavy atom. The Kier molecular flexibility index (Phi) is 6.16. The van der Waals surface area contributed by atoms with Crippen LogP contribution in [0.3, 0.4) is 0 Å². The molecule has 3 nitrogen and oxygen atoms in total. The van der Waals surface area contributed by atoms with Gasteiger partial charge in [0, 0.05) is 6.54 Å². The molecule has 1 N–H and O–H groups in total. The number of rotatable bonds is 7. The molecule has 0 unspecified atom stereocenters. The summed E-state index contributed by atoms with van der Waals surface area (Å²) in [5.41, 5.74) is 1.10. The number of methoxy groups -OCH3 is 1. The van der Waals surface area contributed by atoms with Gasteiger partial charge in [-0.2, -0.15) is 0 Å². The zero-order valence-electron chi connectivity index (χ0n) is 10.7. The number of hydrogen-bond donors (Lipinski definition) is 1. The van der Waals surface area contributed by atoms with Gasteiger partial charge in [0.1, 0.15) is 0 Å². The van der Waals surface area contributed by atoms with Crippen LogP contribution in [-0.4, -0.2) is 20.3 Å². The summed E-state index contributed by atoms with van der Waals surface area (Å²) in [5.74, 6) is 1.31. The Labute approximate surface area is 108 Å². The Bertz CT molecular complexity index is 356. The highest BCUT2D eigenvalue weighted by Crippen LogP contribution is 2.36. The van der Waals surface area contributed by atoms with Gasteiger partial charge in [-0.15, -0.1) is 0 Å². The number of nitrogens with one attached hydrogen (secondary N) is 1. The molecule has 0 radical (unpaired) electrons. The van der Waals surface area contributed by atoms with Gasteiger partial charge >= 0.3 is 0 Å². The fourth-order valence-corrected chi connectivity index (χ4v) is 1.90. The van der Waals surface area contributed by atoms with E-state index in [0.717, 1.165) is 25.1 Å². The van der Waals surface area contributed by atoms with Crippen LogP contribution in [0.1, 0.15) is 25.8 Å². The minimum atomic E-state index is 0.590. The van der Waals surface area contributed by atoms with E-state index < -0.39 is 0 Å². The molecule has 0 amide bonds. The van der Waals surface area contributed by atoms with Crippen LogP contribution in [0, 0.1) is 0 Å². The smallest absolute Gasteiger partial charge is 0.179 e. The van der Waals surface area contributed by atoms with Crippen molar-refractivity contribution >= 4 is 11.6 Å². The number of ether oxygens (including phenoxy) is 2. The predicted octanol–water partition coefficient (Wildman–Crippen LogP) is 3.25. The molecule has 0 aromatic heterocycles. The van der Waals surface area contributed by atoms with Crippen LogP contribution < -0.4 is 14.8 Å². The molecule has 0 aliphatic rings. The molecule has 0 atom stereocenters. The molecule has 4 heteroatoms. The zero-order valence-corrected chi connectivity index (χ0v) is 11.4. The average Bonchev–Trinajstić information content (AvgIpc) is 2.30. The van der Waals surface area contributed by atoms with Gasteiger partial charge in [-0.3, -0.25) is 0 Å². The first kappa shape index (κ1) is 14.1. The number of hydrogen-bond acceptors (Lipinski definition) is 3. The molecule has 1 aromatic rings. The van der Waals surface area contributed by atoms with Crippen molar-refractivity contribution in [2.45, 2.75) is 26.8 Å². The van der Waals surface area contributed by atoms with E-state index in [1.54, 1.807) is 7.11 Å². The monoisotopic (exact) mass is 257 g/mol. The van der Waals surface area contributed by atoms with E-state index in [2.05, 4.69) is 12.2 Å². The molecular formula is C13H20ClNO2. The molecule has 0 fully saturated rings. The molecule has 0 heterocycles. The molecule has 0 spiro atoms. The molecule has 0 aliphatic heterocycles. The first-order chi connectivity index (χ1) is 8.22. The third kappa shape index (κ3) is 4.10. The first-order valence-electron chi connectivity index (χ1n) is 5.92. The molecule has 17 heavy (non-hydrogen) atoms. The van der Waals surface area contributed by atoms with E-state index in [9.17, 15) is 0 Å². The minimum absolute atomic E-state index is 0.590. The zero-order chi connectivity index (χ0) is 12.7. The van der Waals surface area contributed by atoms with Gasteiger partial charge in [0.15, 0.2) is 11.5 Å². The fraction of sp³-hybridized carbons (Fsp3) is 0.538. The van der Waals surface area contributed by atoms with Gasteiger partial charge in [0.25, 0.3) is 0 Å². The summed E-state index contributed by atoms with van der Waals surface area (Å²) in [7, 11) is 1.60. The van der Waals surface area contributed by atoms with Crippen molar-refractivity contribution in [3.05, 3.63) is 22.7 Å². The topological polar surface area (TPSA) is 30.5 Å². The second-order valence-electron chi connectivity index (χ2n) is 3.72. The molecule has 0 saturated heterocycles. The van der Waals surface area contributed by atoms with Crippen molar-refractivity contribution in [1.29, 1.82) is 0 Å². The maximum Gasteiger partial charge on any atom is 0.179 e. The van der Waals surface area contributed by atoms with E-state index in [4.69, 9.17) is 21.1 Å². The first-order valence-corrected chi connectivity index (χ1v) is 6.30. The second kappa shape index (κ2) is 7.41. The van der Waals surface area contributed by atoms with Crippen molar-refractivity contribution in [3.8, 4) is 11.5 Å². The normalized spacial score (nSPS) is 10.4. The van der Waals surface area contributed by atoms with E-state index in [-0.39, 0.29) is 0 Å². The molecule has 1 rings (SSSR count). The highest BCUT2D eigenvalue weighted by molar-refractivity contribution is 6.32. The van der Waals surface area contributed by atoms with Crippen molar-refractivity contribution in [1.82, 2.24) is 5.32 Å². The minimum Gasteiger partial charge on any atom is -0.491 e. The van der Waals surface area contributed by atoms with Gasteiger partial charge in [-0.05, 0) is 37.6 Å². The summed E-state index contributed by atoms with van der Waals surface area (Å²) in [6, 6.07) is 3.88. The van der Waals surface area contributed by atoms with Crippen LogP contribution >= 0.6 is 11.6 Å². The van der Waals surface area contributed by atoms with Crippen LogP contribution in [0.25, 0.3) is 0 Å². The standard InChI is InChI=1S/C13H20ClNO2/c1-4-6-15-9-10-7-11(14)13(16-3)12(8-10)17-5-2/h7-8,15H,4-6,9H2,1-3H3. The van der Waals surface area contributed by atoms with Crippen molar-refractivity contribution in [2.24, 2.45) is 0 Å². The summed E-state index contributed by atoms with van der Waals surface area (Å²) >= 11 is 6.15. The summed E-state index contributed by atoms with van der Waals surface area (Å²) < 4.78 is 10.8. The lowest BCUT2D eigenvalue weighted by Crippen LogP contribution is -2.14. The highest BCUT2D eigenvalue weighted by Gasteiger charge is 2.11. The summed E-state index contributed by atoms with van der Waals surface area (Å²) in [5, 5.41) is 3.92. The SMILES string of the molecule is CCCNCc1cc(Cl)c(OC)c(OCC)c1. The molecule has 0 bridgehead atoms. The maximum absolute atomic E-state index is 6.15. The van der Waals surface area contributed by atoms with Gasteiger partial charge in [-0.1, -0.05) is 18.5 Å². The number of halogens is 1. The molecular weight excluding hydrogens is 238 g/mol. The number of benzene rings is 1. The highest BCUT2D eigenvalue weighted by atomic mass is 35.5. The molecule has 1 aromatic carbocycles. The third-order valence-corrected chi connectivity index (χ3v) is 2.61. The predicted molar refractivity (Wildman–Crippen MR) is 71.2 cm³/mol.